The van der Waals surface area contributed by atoms with E-state index in [9.17, 15) is 0 Å². The molecule has 0 atom stereocenters. The number of nitrogens with two attached hydrogens (primary N) is 4. The highest BCUT2D eigenvalue weighted by Crippen LogP contribution is 2.03. The molecule has 0 fully saturated rings. The molecule has 0 saturated carbocycles. The van der Waals surface area contributed by atoms with Gasteiger partial charge in [-0.05, 0) is 51.9 Å². The molecular weight excluding hydrogens is 236 g/mol. The van der Waals surface area contributed by atoms with Crippen LogP contribution in [-0.4, -0.2) is 26.2 Å². The van der Waals surface area contributed by atoms with Crippen molar-refractivity contribution < 1.29 is 0 Å². The van der Waals surface area contributed by atoms with Gasteiger partial charge in [0, 0.05) is 0 Å². The molecule has 0 rings (SSSR count). The molecule has 0 bridgehead atoms. The zero-order valence-electron chi connectivity index (χ0n) is 12.9. The molecule has 0 aliphatic heterocycles. The van der Waals surface area contributed by atoms with Crippen molar-refractivity contribution in [1.82, 2.24) is 0 Å². The average molecular weight is 274 g/mol. The van der Waals surface area contributed by atoms with Crippen LogP contribution in [-0.2, 0) is 0 Å². The fourth-order valence-corrected chi connectivity index (χ4v) is 1.81. The van der Waals surface area contributed by atoms with E-state index in [-0.39, 0.29) is 0 Å². The monoisotopic (exact) mass is 274 g/mol. The summed E-state index contributed by atoms with van der Waals surface area (Å²) in [6, 6.07) is 0. The number of rotatable bonds is 13. The van der Waals surface area contributed by atoms with Gasteiger partial charge >= 0.3 is 0 Å². The van der Waals surface area contributed by atoms with Crippen LogP contribution in [0.4, 0.5) is 0 Å². The van der Waals surface area contributed by atoms with E-state index in [4.69, 9.17) is 22.9 Å². The molecule has 0 amide bonds. The Bertz CT molecular complexity index is 117. The average Bonchev–Trinajstić information content (AvgIpc) is 2.43. The minimum Gasteiger partial charge on any atom is -0.330 e. The first kappa shape index (κ1) is 21.1. The van der Waals surface area contributed by atoms with Crippen molar-refractivity contribution >= 4 is 0 Å². The van der Waals surface area contributed by atoms with Crippen molar-refractivity contribution in [2.75, 3.05) is 26.2 Å². The Hall–Kier alpha value is -0.160. The molecule has 19 heavy (non-hydrogen) atoms. The zero-order valence-corrected chi connectivity index (χ0v) is 12.9. The maximum atomic E-state index is 5.35. The van der Waals surface area contributed by atoms with Crippen LogP contribution in [0.5, 0.6) is 0 Å². The van der Waals surface area contributed by atoms with Crippen LogP contribution in [0.2, 0.25) is 0 Å². The highest BCUT2D eigenvalue weighted by Gasteiger charge is 1.88. The molecule has 0 heterocycles. The van der Waals surface area contributed by atoms with E-state index in [1.807, 2.05) is 0 Å². The number of hydrogen-bond acceptors (Lipinski definition) is 4. The molecule has 4 nitrogen and oxygen atoms in total. The van der Waals surface area contributed by atoms with E-state index in [2.05, 4.69) is 0 Å². The van der Waals surface area contributed by atoms with Crippen molar-refractivity contribution in [2.45, 2.75) is 70.6 Å². The lowest BCUT2D eigenvalue weighted by Crippen LogP contribution is -1.99. The molecule has 0 aromatic carbocycles. The van der Waals surface area contributed by atoms with Gasteiger partial charge in [-0.1, -0.05) is 44.9 Å². The molecule has 0 unspecified atom stereocenters. The van der Waals surface area contributed by atoms with Crippen LogP contribution < -0.4 is 22.9 Å². The van der Waals surface area contributed by atoms with Crippen LogP contribution in [0.1, 0.15) is 70.6 Å². The second kappa shape index (κ2) is 23.0. The molecule has 0 aromatic rings. The lowest BCUT2D eigenvalue weighted by atomic mass is 10.1. The Kier molecular flexibility index (Phi) is 25.6. The normalized spacial score (nSPS) is 10.1. The highest BCUT2D eigenvalue weighted by molar-refractivity contribution is 4.46. The number of unbranched alkanes of at least 4 members (excludes halogenated alkanes) is 9. The predicted molar refractivity (Wildman–Crippen MR) is 87.0 cm³/mol. The topological polar surface area (TPSA) is 104 Å². The molecule has 0 saturated heterocycles. The Morgan fingerprint density at radius 3 is 0.579 bits per heavy atom. The molecule has 0 aliphatic carbocycles. The summed E-state index contributed by atoms with van der Waals surface area (Å²) < 4.78 is 0. The Morgan fingerprint density at radius 2 is 0.421 bits per heavy atom. The molecule has 0 aliphatic rings. The van der Waals surface area contributed by atoms with Gasteiger partial charge in [0.25, 0.3) is 0 Å². The molecular formula is C15H38N4. The van der Waals surface area contributed by atoms with Crippen LogP contribution in [0.3, 0.4) is 0 Å². The van der Waals surface area contributed by atoms with E-state index >= 15 is 0 Å². The molecule has 4 heteroatoms. The summed E-state index contributed by atoms with van der Waals surface area (Å²) in [7, 11) is 0. The van der Waals surface area contributed by atoms with Gasteiger partial charge < -0.3 is 22.9 Å². The van der Waals surface area contributed by atoms with E-state index in [0.717, 1.165) is 26.2 Å². The lowest BCUT2D eigenvalue weighted by molar-refractivity contribution is 0.601. The largest absolute Gasteiger partial charge is 0.330 e. The van der Waals surface area contributed by atoms with Crippen molar-refractivity contribution in [2.24, 2.45) is 22.9 Å². The quantitative estimate of drug-likeness (QED) is 0.386. The van der Waals surface area contributed by atoms with Crippen LogP contribution in [0.25, 0.3) is 0 Å². The summed E-state index contributed by atoms with van der Waals surface area (Å²) in [5.41, 5.74) is 21.3. The summed E-state index contributed by atoms with van der Waals surface area (Å²) >= 11 is 0. The van der Waals surface area contributed by atoms with E-state index < -0.39 is 0 Å². The Morgan fingerprint density at radius 1 is 0.263 bits per heavy atom. The van der Waals surface area contributed by atoms with Gasteiger partial charge in [0.1, 0.15) is 0 Å². The lowest BCUT2D eigenvalue weighted by Gasteiger charge is -1.97. The maximum Gasteiger partial charge on any atom is -0.00773 e. The second-order valence-electron chi connectivity index (χ2n) is 5.04. The van der Waals surface area contributed by atoms with Crippen molar-refractivity contribution in [1.29, 1.82) is 0 Å². The summed E-state index contributed by atoms with van der Waals surface area (Å²) in [6.45, 7) is 3.36. The third kappa shape index (κ3) is 27.2. The SMILES string of the molecule is NCCCCCCCCN.NCCCCCCCN. The fourth-order valence-electron chi connectivity index (χ4n) is 1.81. The summed E-state index contributed by atoms with van der Waals surface area (Å²) in [5, 5.41) is 0. The third-order valence-corrected chi connectivity index (χ3v) is 3.07. The Balaban J connectivity index is 0. The molecule has 0 radical (unpaired) electrons. The van der Waals surface area contributed by atoms with Gasteiger partial charge in [0.2, 0.25) is 0 Å². The van der Waals surface area contributed by atoms with Crippen LogP contribution in [0.15, 0.2) is 0 Å². The van der Waals surface area contributed by atoms with Crippen molar-refractivity contribution in [3.05, 3.63) is 0 Å². The van der Waals surface area contributed by atoms with E-state index in [1.54, 1.807) is 0 Å². The van der Waals surface area contributed by atoms with Crippen LogP contribution >= 0.6 is 0 Å². The standard InChI is InChI=1S/C8H20N2.C7H18N2/c9-7-5-3-1-2-4-6-8-10;8-6-4-2-1-3-5-7-9/h1-10H2;1-9H2. The van der Waals surface area contributed by atoms with Crippen molar-refractivity contribution in [3.8, 4) is 0 Å². The summed E-state index contributed by atoms with van der Waals surface area (Å²) in [6.07, 6.45) is 13.8. The molecule has 118 valence electrons. The van der Waals surface area contributed by atoms with Gasteiger partial charge in [-0.2, -0.15) is 0 Å². The van der Waals surface area contributed by atoms with Crippen molar-refractivity contribution in [3.63, 3.8) is 0 Å². The first-order chi connectivity index (χ1) is 9.33. The van der Waals surface area contributed by atoms with Gasteiger partial charge in [0.05, 0.1) is 0 Å². The number of hydrogen-bond donors (Lipinski definition) is 4. The fraction of sp³-hybridized carbons (Fsp3) is 1.00. The second-order valence-corrected chi connectivity index (χ2v) is 5.04. The highest BCUT2D eigenvalue weighted by atomic mass is 14.5. The molecule has 0 aromatic heterocycles. The smallest absolute Gasteiger partial charge is 0.00773 e. The molecule has 0 spiro atoms. The van der Waals surface area contributed by atoms with Gasteiger partial charge in [-0.15, -0.1) is 0 Å². The Labute approximate surface area is 120 Å². The predicted octanol–water partition coefficient (Wildman–Crippen LogP) is 2.10. The van der Waals surface area contributed by atoms with Crippen LogP contribution in [0, 0.1) is 0 Å². The summed E-state index contributed by atoms with van der Waals surface area (Å²) in [4.78, 5) is 0. The summed E-state index contributed by atoms with van der Waals surface area (Å²) in [5.74, 6) is 0. The first-order valence-corrected chi connectivity index (χ1v) is 8.13. The van der Waals surface area contributed by atoms with Gasteiger partial charge in [0.15, 0.2) is 0 Å². The van der Waals surface area contributed by atoms with E-state index in [1.165, 1.54) is 70.6 Å². The zero-order chi connectivity index (χ0) is 14.6. The first-order valence-electron chi connectivity index (χ1n) is 8.13. The molecule has 8 N–H and O–H groups in total. The van der Waals surface area contributed by atoms with E-state index in [0.29, 0.717) is 0 Å². The minimum absolute atomic E-state index is 0.836. The van der Waals surface area contributed by atoms with Gasteiger partial charge in [-0.25, -0.2) is 0 Å². The minimum atomic E-state index is 0.836. The van der Waals surface area contributed by atoms with Gasteiger partial charge in [-0.3, -0.25) is 0 Å². The third-order valence-electron chi connectivity index (χ3n) is 3.07. The maximum absolute atomic E-state index is 5.35.